The van der Waals surface area contributed by atoms with Crippen molar-refractivity contribution in [3.63, 3.8) is 0 Å². The van der Waals surface area contributed by atoms with Crippen molar-refractivity contribution < 1.29 is 14.6 Å². The molecule has 86 valence electrons. The van der Waals surface area contributed by atoms with E-state index >= 15 is 0 Å². The topological polar surface area (TPSA) is 58.6 Å². The first kappa shape index (κ1) is 10.9. The number of amides is 1. The maximum Gasteiger partial charge on any atom is 0.226 e. The van der Waals surface area contributed by atoms with Gasteiger partial charge < -0.3 is 15.2 Å². The van der Waals surface area contributed by atoms with Gasteiger partial charge in [-0.3, -0.25) is 4.79 Å². The van der Waals surface area contributed by atoms with Crippen molar-refractivity contribution in [3.8, 4) is 0 Å². The maximum atomic E-state index is 11.9. The van der Waals surface area contributed by atoms with Crippen LogP contribution in [0.1, 0.15) is 32.6 Å². The fourth-order valence-corrected chi connectivity index (χ4v) is 2.29. The van der Waals surface area contributed by atoms with E-state index in [1.807, 2.05) is 6.92 Å². The molecule has 15 heavy (non-hydrogen) atoms. The first-order chi connectivity index (χ1) is 7.15. The van der Waals surface area contributed by atoms with E-state index in [9.17, 15) is 9.90 Å². The Bertz CT molecular complexity index is 245. The third-order valence-electron chi connectivity index (χ3n) is 3.57. The van der Waals surface area contributed by atoms with Crippen LogP contribution < -0.4 is 5.32 Å². The van der Waals surface area contributed by atoms with Crippen LogP contribution in [-0.4, -0.2) is 35.9 Å². The van der Waals surface area contributed by atoms with Crippen molar-refractivity contribution in [2.24, 2.45) is 5.92 Å². The molecule has 0 aromatic carbocycles. The summed E-state index contributed by atoms with van der Waals surface area (Å²) in [6.45, 7) is 2.56. The molecule has 2 fully saturated rings. The Labute approximate surface area is 90.0 Å². The highest BCUT2D eigenvalue weighted by molar-refractivity contribution is 5.80. The summed E-state index contributed by atoms with van der Waals surface area (Å²) in [4.78, 5) is 11.9. The molecule has 4 nitrogen and oxygen atoms in total. The van der Waals surface area contributed by atoms with E-state index in [0.717, 1.165) is 25.7 Å². The fourth-order valence-electron chi connectivity index (χ4n) is 2.29. The molecule has 2 aliphatic rings. The molecule has 0 bridgehead atoms. The number of nitrogens with one attached hydrogen (secondary N) is 1. The molecule has 4 heteroatoms. The summed E-state index contributed by atoms with van der Waals surface area (Å²) in [6.07, 6.45) is 3.88. The number of rotatable bonds is 3. The third-order valence-corrected chi connectivity index (χ3v) is 3.57. The van der Waals surface area contributed by atoms with Crippen LogP contribution in [0, 0.1) is 5.92 Å². The number of hydrogen-bond donors (Lipinski definition) is 2. The van der Waals surface area contributed by atoms with E-state index in [0.29, 0.717) is 6.61 Å². The molecule has 0 spiro atoms. The molecule has 1 aliphatic carbocycles. The van der Waals surface area contributed by atoms with Gasteiger partial charge in [0.25, 0.3) is 0 Å². The highest BCUT2D eigenvalue weighted by atomic mass is 16.5. The molecule has 1 amide bonds. The molecule has 1 heterocycles. The van der Waals surface area contributed by atoms with E-state index in [1.165, 1.54) is 0 Å². The predicted molar refractivity (Wildman–Crippen MR) is 55.3 cm³/mol. The van der Waals surface area contributed by atoms with Crippen molar-refractivity contribution in [1.82, 2.24) is 5.32 Å². The van der Waals surface area contributed by atoms with E-state index in [2.05, 4.69) is 5.32 Å². The fraction of sp³-hybridized carbons (Fsp3) is 0.909. The second kappa shape index (κ2) is 4.10. The van der Waals surface area contributed by atoms with Crippen LogP contribution in [0.25, 0.3) is 0 Å². The van der Waals surface area contributed by atoms with Crippen LogP contribution in [0.15, 0.2) is 0 Å². The summed E-state index contributed by atoms with van der Waals surface area (Å²) in [6, 6.07) is 0. The van der Waals surface area contributed by atoms with Gasteiger partial charge in [0.15, 0.2) is 0 Å². The molecule has 2 unspecified atom stereocenters. The SMILES string of the molecule is CC1CC(C(=O)NC2(CO)CCC2)CO1. The molecule has 1 saturated heterocycles. The number of aliphatic hydroxyl groups excluding tert-OH is 1. The van der Waals surface area contributed by atoms with Crippen LogP contribution in [-0.2, 0) is 9.53 Å². The van der Waals surface area contributed by atoms with Gasteiger partial charge in [-0.05, 0) is 32.6 Å². The van der Waals surface area contributed by atoms with Gasteiger partial charge in [0.1, 0.15) is 0 Å². The minimum absolute atomic E-state index is 0.0241. The van der Waals surface area contributed by atoms with Crippen LogP contribution >= 0.6 is 0 Å². The Kier molecular flexibility index (Phi) is 2.98. The van der Waals surface area contributed by atoms with Gasteiger partial charge in [0, 0.05) is 0 Å². The van der Waals surface area contributed by atoms with Gasteiger partial charge >= 0.3 is 0 Å². The standard InChI is InChI=1S/C11H19NO3/c1-8-5-9(6-15-8)10(14)12-11(7-13)3-2-4-11/h8-9,13H,2-7H2,1H3,(H,12,14). The molecule has 1 aliphatic heterocycles. The second-order valence-corrected chi connectivity index (χ2v) is 4.86. The minimum atomic E-state index is -0.317. The van der Waals surface area contributed by atoms with Gasteiger partial charge in [-0.25, -0.2) is 0 Å². The number of ether oxygens (including phenoxy) is 1. The number of hydrogen-bond acceptors (Lipinski definition) is 3. The average molecular weight is 213 g/mol. The first-order valence-electron chi connectivity index (χ1n) is 5.70. The lowest BCUT2D eigenvalue weighted by molar-refractivity contribution is -0.129. The monoisotopic (exact) mass is 213 g/mol. The maximum absolute atomic E-state index is 11.9. The predicted octanol–water partition coefficient (Wildman–Crippen LogP) is 0.443. The van der Waals surface area contributed by atoms with Gasteiger partial charge in [-0.15, -0.1) is 0 Å². The molecule has 2 atom stereocenters. The smallest absolute Gasteiger partial charge is 0.226 e. The molecule has 0 aromatic heterocycles. The van der Waals surface area contributed by atoms with Crippen LogP contribution in [0.2, 0.25) is 0 Å². The molecule has 2 N–H and O–H groups in total. The summed E-state index contributed by atoms with van der Waals surface area (Å²) in [5.74, 6) is 0.0251. The van der Waals surface area contributed by atoms with Gasteiger partial charge in [-0.1, -0.05) is 0 Å². The normalized spacial score (nSPS) is 33.5. The third kappa shape index (κ3) is 2.16. The molecule has 1 saturated carbocycles. The van der Waals surface area contributed by atoms with Gasteiger partial charge in [0.2, 0.25) is 5.91 Å². The largest absolute Gasteiger partial charge is 0.394 e. The van der Waals surface area contributed by atoms with Crippen molar-refractivity contribution in [3.05, 3.63) is 0 Å². The van der Waals surface area contributed by atoms with E-state index in [1.54, 1.807) is 0 Å². The Hall–Kier alpha value is -0.610. The summed E-state index contributed by atoms with van der Waals surface area (Å²) in [5, 5.41) is 12.2. The zero-order valence-electron chi connectivity index (χ0n) is 9.16. The summed E-state index contributed by atoms with van der Waals surface area (Å²) in [5.41, 5.74) is -0.317. The second-order valence-electron chi connectivity index (χ2n) is 4.86. The molecule has 0 radical (unpaired) electrons. The first-order valence-corrected chi connectivity index (χ1v) is 5.70. The van der Waals surface area contributed by atoms with Crippen LogP contribution in [0.4, 0.5) is 0 Å². The number of carbonyl (C=O) groups is 1. The van der Waals surface area contributed by atoms with Crippen molar-refractivity contribution in [2.75, 3.05) is 13.2 Å². The quantitative estimate of drug-likeness (QED) is 0.715. The number of carbonyl (C=O) groups excluding carboxylic acids is 1. The Balaban J connectivity index is 1.86. The van der Waals surface area contributed by atoms with Gasteiger partial charge in [-0.2, -0.15) is 0 Å². The summed E-state index contributed by atoms with van der Waals surface area (Å²) < 4.78 is 5.36. The minimum Gasteiger partial charge on any atom is -0.394 e. The summed E-state index contributed by atoms with van der Waals surface area (Å²) in [7, 11) is 0. The Morgan fingerprint density at radius 1 is 1.60 bits per heavy atom. The lowest BCUT2D eigenvalue weighted by Crippen LogP contribution is -2.57. The van der Waals surface area contributed by atoms with E-state index < -0.39 is 0 Å². The van der Waals surface area contributed by atoms with Crippen molar-refractivity contribution in [1.29, 1.82) is 0 Å². The van der Waals surface area contributed by atoms with Crippen LogP contribution in [0.5, 0.6) is 0 Å². The Morgan fingerprint density at radius 3 is 2.73 bits per heavy atom. The Morgan fingerprint density at radius 2 is 2.33 bits per heavy atom. The lowest BCUT2D eigenvalue weighted by Gasteiger charge is -2.41. The molecular weight excluding hydrogens is 194 g/mol. The van der Waals surface area contributed by atoms with E-state index in [-0.39, 0.29) is 30.1 Å². The highest BCUT2D eigenvalue weighted by Gasteiger charge is 2.40. The highest BCUT2D eigenvalue weighted by Crippen LogP contribution is 2.32. The van der Waals surface area contributed by atoms with Crippen LogP contribution in [0.3, 0.4) is 0 Å². The van der Waals surface area contributed by atoms with Crippen molar-refractivity contribution >= 4 is 5.91 Å². The summed E-state index contributed by atoms with van der Waals surface area (Å²) >= 11 is 0. The van der Waals surface area contributed by atoms with E-state index in [4.69, 9.17) is 4.74 Å². The molecular formula is C11H19NO3. The van der Waals surface area contributed by atoms with Gasteiger partial charge in [0.05, 0.1) is 30.8 Å². The molecule has 0 aromatic rings. The zero-order chi connectivity index (χ0) is 10.9. The van der Waals surface area contributed by atoms with Crippen molar-refractivity contribution in [2.45, 2.75) is 44.2 Å². The zero-order valence-corrected chi connectivity index (χ0v) is 9.16. The molecule has 2 rings (SSSR count). The average Bonchev–Trinajstić information content (AvgIpc) is 2.58. The lowest BCUT2D eigenvalue weighted by atomic mass is 9.77. The number of aliphatic hydroxyl groups is 1.